The first-order valence-electron chi connectivity index (χ1n) is 5.83. The Labute approximate surface area is 115 Å². The number of nitrogens with zero attached hydrogens (tertiary/aromatic N) is 1. The van der Waals surface area contributed by atoms with Gasteiger partial charge in [-0.2, -0.15) is 0 Å². The van der Waals surface area contributed by atoms with Gasteiger partial charge in [-0.05, 0) is 22.4 Å². The summed E-state index contributed by atoms with van der Waals surface area (Å²) < 4.78 is 24.9. The van der Waals surface area contributed by atoms with Crippen LogP contribution in [0.2, 0.25) is 0 Å². The highest BCUT2D eigenvalue weighted by atomic mass is 79.9. The van der Waals surface area contributed by atoms with Crippen molar-refractivity contribution in [3.63, 3.8) is 0 Å². The van der Waals surface area contributed by atoms with E-state index in [0.29, 0.717) is 10.9 Å². The van der Waals surface area contributed by atoms with Crippen LogP contribution in [0, 0.1) is 0 Å². The Morgan fingerprint density at radius 1 is 1.39 bits per heavy atom. The van der Waals surface area contributed by atoms with Crippen LogP contribution < -0.4 is 5.56 Å². The van der Waals surface area contributed by atoms with Crippen LogP contribution in [-0.4, -0.2) is 29.7 Å². The third-order valence-electron chi connectivity index (χ3n) is 3.18. The van der Waals surface area contributed by atoms with Crippen molar-refractivity contribution < 1.29 is 8.42 Å². The Balaban J connectivity index is 2.46. The van der Waals surface area contributed by atoms with E-state index in [0.717, 1.165) is 5.69 Å². The van der Waals surface area contributed by atoms with Crippen molar-refractivity contribution in [3.8, 4) is 0 Å². The Hall–Kier alpha value is -0.560. The maximum atomic E-state index is 12.1. The van der Waals surface area contributed by atoms with Gasteiger partial charge in [-0.15, -0.1) is 0 Å². The maximum absolute atomic E-state index is 12.1. The van der Waals surface area contributed by atoms with Crippen LogP contribution in [0.15, 0.2) is 9.27 Å². The first kappa shape index (κ1) is 13.9. The topological polar surface area (TPSA) is 71.9 Å². The largest absolute Gasteiger partial charge is 0.298 e. The van der Waals surface area contributed by atoms with Crippen molar-refractivity contribution in [3.05, 3.63) is 20.5 Å². The van der Waals surface area contributed by atoms with Crippen LogP contribution in [0.3, 0.4) is 0 Å². The van der Waals surface area contributed by atoms with Crippen LogP contribution in [0.5, 0.6) is 0 Å². The molecule has 0 radical (unpaired) electrons. The molecule has 1 saturated heterocycles. The number of hydrogen-bond acceptors (Lipinski definition) is 3. The Morgan fingerprint density at radius 2 is 2.00 bits per heavy atom. The summed E-state index contributed by atoms with van der Waals surface area (Å²) in [4.78, 5) is 12.1. The van der Waals surface area contributed by atoms with Crippen molar-refractivity contribution >= 4 is 25.8 Å². The van der Waals surface area contributed by atoms with Crippen LogP contribution in [0.4, 0.5) is 0 Å². The molecule has 0 amide bonds. The molecule has 1 aromatic heterocycles. The molecule has 2 rings (SSSR count). The minimum absolute atomic E-state index is 0.0451. The molecule has 0 bridgehead atoms. The summed E-state index contributed by atoms with van der Waals surface area (Å²) in [5.41, 5.74) is 0.430. The van der Waals surface area contributed by atoms with Crippen molar-refractivity contribution in [1.29, 1.82) is 0 Å². The molecule has 1 aromatic rings. The van der Waals surface area contributed by atoms with Gasteiger partial charge >= 0.3 is 0 Å². The lowest BCUT2D eigenvalue weighted by Gasteiger charge is -2.17. The van der Waals surface area contributed by atoms with Gasteiger partial charge in [0, 0.05) is 5.41 Å². The van der Waals surface area contributed by atoms with E-state index in [9.17, 15) is 13.2 Å². The molecule has 1 atom stereocenters. The summed E-state index contributed by atoms with van der Waals surface area (Å²) in [7, 11) is -2.99. The standard InChI is InChI=1S/C11H17BrN2O3S/c1-11(2,3)9-8(12)10(15)14(13-9)7-4-5-18(16,17)6-7/h7,13H,4-6H2,1-3H3. The quantitative estimate of drug-likeness (QED) is 0.846. The number of aromatic amines is 1. The van der Waals surface area contributed by atoms with Crippen LogP contribution in [0.25, 0.3) is 0 Å². The molecule has 1 aliphatic heterocycles. The third kappa shape index (κ3) is 2.42. The van der Waals surface area contributed by atoms with Crippen LogP contribution in [0.1, 0.15) is 38.9 Å². The van der Waals surface area contributed by atoms with Gasteiger partial charge in [0.1, 0.15) is 4.47 Å². The third-order valence-corrected chi connectivity index (χ3v) is 5.67. The van der Waals surface area contributed by atoms with E-state index < -0.39 is 9.84 Å². The summed E-state index contributed by atoms with van der Waals surface area (Å²) in [6, 6.07) is -0.269. The lowest BCUT2D eigenvalue weighted by atomic mass is 9.93. The van der Waals surface area contributed by atoms with Crippen molar-refractivity contribution in [2.24, 2.45) is 0 Å². The summed E-state index contributed by atoms with van der Waals surface area (Å²) in [6.07, 6.45) is 0.499. The molecule has 5 nitrogen and oxygen atoms in total. The summed E-state index contributed by atoms with van der Waals surface area (Å²) >= 11 is 3.30. The van der Waals surface area contributed by atoms with Gasteiger partial charge in [-0.1, -0.05) is 20.8 Å². The van der Waals surface area contributed by atoms with Gasteiger partial charge in [-0.3, -0.25) is 9.89 Å². The van der Waals surface area contributed by atoms with Crippen molar-refractivity contribution in [2.45, 2.75) is 38.6 Å². The average Bonchev–Trinajstić information content (AvgIpc) is 2.69. The molecule has 18 heavy (non-hydrogen) atoms. The minimum Gasteiger partial charge on any atom is -0.298 e. The van der Waals surface area contributed by atoms with Crippen LogP contribution in [-0.2, 0) is 15.3 Å². The van der Waals surface area contributed by atoms with Gasteiger partial charge in [0.05, 0.1) is 23.2 Å². The number of rotatable bonds is 1. The fraction of sp³-hybridized carbons (Fsp3) is 0.727. The predicted molar refractivity (Wildman–Crippen MR) is 73.8 cm³/mol. The number of H-pyrrole nitrogens is 1. The summed E-state index contributed by atoms with van der Waals surface area (Å²) in [5, 5.41) is 3.06. The molecule has 1 fully saturated rings. The highest BCUT2D eigenvalue weighted by Gasteiger charge is 2.33. The lowest BCUT2D eigenvalue weighted by Crippen LogP contribution is -2.23. The first-order chi connectivity index (χ1) is 8.12. The zero-order valence-electron chi connectivity index (χ0n) is 10.7. The average molecular weight is 337 g/mol. The number of aromatic nitrogens is 2. The number of sulfone groups is 1. The number of hydrogen-bond donors (Lipinski definition) is 1. The van der Waals surface area contributed by atoms with Crippen molar-refractivity contribution in [1.82, 2.24) is 9.78 Å². The molecule has 1 N–H and O–H groups in total. The zero-order chi connectivity index (χ0) is 13.7. The van der Waals surface area contributed by atoms with E-state index in [1.54, 1.807) is 0 Å². The van der Waals surface area contributed by atoms with Gasteiger partial charge in [0.2, 0.25) is 0 Å². The lowest BCUT2D eigenvalue weighted by molar-refractivity contribution is 0.465. The maximum Gasteiger partial charge on any atom is 0.281 e. The molecular weight excluding hydrogens is 320 g/mol. The molecule has 7 heteroatoms. The predicted octanol–water partition coefficient (Wildman–Crippen LogP) is 1.60. The normalized spacial score (nSPS) is 23.4. The number of halogens is 1. The summed E-state index contributed by atoms with van der Waals surface area (Å²) in [5.74, 6) is 0.203. The van der Waals surface area contributed by atoms with E-state index >= 15 is 0 Å². The molecule has 2 heterocycles. The second-order valence-electron chi connectivity index (χ2n) is 5.78. The molecule has 1 unspecified atom stereocenters. The SMILES string of the molecule is CC(C)(C)c1[nH]n(C2CCS(=O)(=O)C2)c(=O)c1Br. The molecule has 0 spiro atoms. The minimum atomic E-state index is -2.99. The smallest absolute Gasteiger partial charge is 0.281 e. The summed E-state index contributed by atoms with van der Waals surface area (Å²) in [6.45, 7) is 6.00. The Morgan fingerprint density at radius 3 is 2.39 bits per heavy atom. The highest BCUT2D eigenvalue weighted by Crippen LogP contribution is 2.28. The molecule has 0 aliphatic carbocycles. The monoisotopic (exact) mass is 336 g/mol. The zero-order valence-corrected chi connectivity index (χ0v) is 13.1. The van der Waals surface area contributed by atoms with Gasteiger partial charge in [0.25, 0.3) is 5.56 Å². The second-order valence-corrected chi connectivity index (χ2v) is 8.80. The van der Waals surface area contributed by atoms with Gasteiger partial charge in [0.15, 0.2) is 9.84 Å². The molecular formula is C11H17BrN2O3S. The first-order valence-corrected chi connectivity index (χ1v) is 8.44. The molecule has 0 aromatic carbocycles. The highest BCUT2D eigenvalue weighted by molar-refractivity contribution is 9.10. The number of nitrogens with one attached hydrogen (secondary N) is 1. The fourth-order valence-corrected chi connectivity index (χ4v) is 4.74. The fourth-order valence-electron chi connectivity index (χ4n) is 2.17. The van der Waals surface area contributed by atoms with E-state index in [1.807, 2.05) is 20.8 Å². The van der Waals surface area contributed by atoms with E-state index in [4.69, 9.17) is 0 Å². The van der Waals surface area contributed by atoms with Gasteiger partial charge < -0.3 is 0 Å². The second kappa shape index (κ2) is 4.23. The molecule has 102 valence electrons. The Bertz CT molecular complexity index is 622. The van der Waals surface area contributed by atoms with Gasteiger partial charge in [-0.25, -0.2) is 13.1 Å². The van der Waals surface area contributed by atoms with E-state index in [1.165, 1.54) is 4.68 Å². The van der Waals surface area contributed by atoms with Crippen molar-refractivity contribution in [2.75, 3.05) is 11.5 Å². The molecule has 1 aliphatic rings. The molecule has 0 saturated carbocycles. The van der Waals surface area contributed by atoms with E-state index in [-0.39, 0.29) is 28.5 Å². The van der Waals surface area contributed by atoms with Crippen LogP contribution >= 0.6 is 15.9 Å². The Kier molecular flexibility index (Phi) is 3.26. The van der Waals surface area contributed by atoms with E-state index in [2.05, 4.69) is 21.0 Å².